The number of hydrogen-bond acceptors (Lipinski definition) is 5. The van der Waals surface area contributed by atoms with Crippen molar-refractivity contribution in [3.63, 3.8) is 0 Å². The number of likely N-dealkylation sites (tertiary alicyclic amines) is 2. The van der Waals surface area contributed by atoms with E-state index in [-0.39, 0.29) is 23.8 Å². The molecule has 26 heavy (non-hydrogen) atoms. The zero-order valence-electron chi connectivity index (χ0n) is 16.0. The molecule has 2 N–H and O–H groups in total. The standard InChI is InChI=1S/C18H30N6O2/c1-13(25)22-8-4-14(5-9-22)17(26)23-10-6-15(7-11-23)24-12-16(20-21-24)18(2,3)19/h12,14-15H,4-11,19H2,1-3H3. The molecule has 1 aromatic heterocycles. The summed E-state index contributed by atoms with van der Waals surface area (Å²) in [5.74, 6) is 0.400. The monoisotopic (exact) mass is 362 g/mol. The zero-order valence-corrected chi connectivity index (χ0v) is 16.0. The van der Waals surface area contributed by atoms with Crippen molar-refractivity contribution in [2.75, 3.05) is 26.2 Å². The summed E-state index contributed by atoms with van der Waals surface area (Å²) in [4.78, 5) is 28.0. The molecule has 2 saturated heterocycles. The summed E-state index contributed by atoms with van der Waals surface area (Å²) < 4.78 is 1.90. The van der Waals surface area contributed by atoms with Gasteiger partial charge in [-0.2, -0.15) is 0 Å². The Balaban J connectivity index is 1.51. The number of hydrogen-bond donors (Lipinski definition) is 1. The smallest absolute Gasteiger partial charge is 0.225 e. The summed E-state index contributed by atoms with van der Waals surface area (Å²) in [6.45, 7) is 8.31. The Morgan fingerprint density at radius 3 is 2.15 bits per heavy atom. The summed E-state index contributed by atoms with van der Waals surface area (Å²) >= 11 is 0. The van der Waals surface area contributed by atoms with Crippen LogP contribution in [-0.2, 0) is 15.1 Å². The van der Waals surface area contributed by atoms with Crippen LogP contribution in [0.4, 0.5) is 0 Å². The Labute approximate surface area is 154 Å². The van der Waals surface area contributed by atoms with Crippen molar-refractivity contribution >= 4 is 11.8 Å². The molecule has 2 aliphatic heterocycles. The number of nitrogens with zero attached hydrogens (tertiary/aromatic N) is 5. The molecule has 3 heterocycles. The second kappa shape index (κ2) is 7.34. The number of rotatable bonds is 3. The van der Waals surface area contributed by atoms with Gasteiger partial charge in [-0.15, -0.1) is 5.10 Å². The molecule has 2 amide bonds. The normalized spacial score (nSPS) is 20.5. The van der Waals surface area contributed by atoms with Crippen LogP contribution in [-0.4, -0.2) is 62.8 Å². The van der Waals surface area contributed by atoms with Crippen LogP contribution in [0.25, 0.3) is 0 Å². The average Bonchev–Trinajstić information content (AvgIpc) is 3.12. The van der Waals surface area contributed by atoms with E-state index in [1.807, 2.05) is 34.5 Å². The predicted molar refractivity (Wildman–Crippen MR) is 97.1 cm³/mol. The van der Waals surface area contributed by atoms with Gasteiger partial charge in [-0.1, -0.05) is 5.21 Å². The first kappa shape index (κ1) is 18.8. The lowest BCUT2D eigenvalue weighted by Crippen LogP contribution is -2.46. The first-order valence-electron chi connectivity index (χ1n) is 9.51. The van der Waals surface area contributed by atoms with Crippen LogP contribution in [0.3, 0.4) is 0 Å². The van der Waals surface area contributed by atoms with E-state index in [0.717, 1.165) is 44.5 Å². The third kappa shape index (κ3) is 4.06. The Morgan fingerprint density at radius 1 is 1.08 bits per heavy atom. The second-order valence-electron chi connectivity index (χ2n) is 8.14. The van der Waals surface area contributed by atoms with Gasteiger partial charge in [0.25, 0.3) is 0 Å². The third-order valence-corrected chi connectivity index (χ3v) is 5.61. The minimum absolute atomic E-state index is 0.0539. The van der Waals surface area contributed by atoms with Crippen molar-refractivity contribution < 1.29 is 9.59 Å². The topological polar surface area (TPSA) is 97.4 Å². The summed E-state index contributed by atoms with van der Waals surface area (Å²) in [6.07, 6.45) is 5.24. The average molecular weight is 362 g/mol. The molecule has 3 rings (SSSR count). The minimum Gasteiger partial charge on any atom is -0.343 e. The molecular formula is C18H30N6O2. The largest absolute Gasteiger partial charge is 0.343 e. The summed E-state index contributed by atoms with van der Waals surface area (Å²) in [6, 6.07) is 0.266. The molecule has 2 aliphatic rings. The summed E-state index contributed by atoms with van der Waals surface area (Å²) in [5.41, 5.74) is 6.37. The van der Waals surface area contributed by atoms with Gasteiger partial charge in [0.2, 0.25) is 11.8 Å². The highest BCUT2D eigenvalue weighted by Gasteiger charge is 2.32. The van der Waals surface area contributed by atoms with Gasteiger partial charge in [0.15, 0.2) is 0 Å². The number of nitrogens with two attached hydrogens (primary N) is 1. The van der Waals surface area contributed by atoms with Gasteiger partial charge >= 0.3 is 0 Å². The SMILES string of the molecule is CC(=O)N1CCC(C(=O)N2CCC(n3cc(C(C)(C)N)nn3)CC2)CC1. The van der Waals surface area contributed by atoms with Gasteiger partial charge < -0.3 is 15.5 Å². The Hall–Kier alpha value is -1.96. The fourth-order valence-electron chi connectivity index (χ4n) is 3.80. The van der Waals surface area contributed by atoms with Gasteiger partial charge in [0.1, 0.15) is 5.69 Å². The number of piperidine rings is 2. The van der Waals surface area contributed by atoms with Crippen LogP contribution in [0.5, 0.6) is 0 Å². The van der Waals surface area contributed by atoms with Crippen molar-refractivity contribution in [2.45, 2.75) is 58.0 Å². The van der Waals surface area contributed by atoms with E-state index < -0.39 is 5.54 Å². The molecule has 2 fully saturated rings. The van der Waals surface area contributed by atoms with Crippen molar-refractivity contribution in [2.24, 2.45) is 11.7 Å². The van der Waals surface area contributed by atoms with Crippen molar-refractivity contribution in [1.82, 2.24) is 24.8 Å². The van der Waals surface area contributed by atoms with Gasteiger partial charge in [-0.25, -0.2) is 4.68 Å². The third-order valence-electron chi connectivity index (χ3n) is 5.61. The van der Waals surface area contributed by atoms with Gasteiger partial charge in [0.05, 0.1) is 17.8 Å². The molecular weight excluding hydrogens is 332 g/mol. The number of carbonyl (C=O) groups excluding carboxylic acids is 2. The van der Waals surface area contributed by atoms with Crippen molar-refractivity contribution in [1.29, 1.82) is 0 Å². The minimum atomic E-state index is -0.496. The highest BCUT2D eigenvalue weighted by molar-refractivity contribution is 5.79. The first-order valence-corrected chi connectivity index (χ1v) is 9.51. The Bertz CT molecular complexity index is 649. The fourth-order valence-corrected chi connectivity index (χ4v) is 3.80. The molecule has 0 radical (unpaired) electrons. The van der Waals surface area contributed by atoms with E-state index >= 15 is 0 Å². The second-order valence-corrected chi connectivity index (χ2v) is 8.14. The first-order chi connectivity index (χ1) is 12.3. The summed E-state index contributed by atoms with van der Waals surface area (Å²) in [5, 5.41) is 8.42. The van der Waals surface area contributed by atoms with Crippen LogP contribution < -0.4 is 5.73 Å². The number of carbonyl (C=O) groups is 2. The maximum Gasteiger partial charge on any atom is 0.225 e. The van der Waals surface area contributed by atoms with Crippen LogP contribution in [0.15, 0.2) is 6.20 Å². The van der Waals surface area contributed by atoms with E-state index in [1.165, 1.54) is 0 Å². The highest BCUT2D eigenvalue weighted by Crippen LogP contribution is 2.26. The van der Waals surface area contributed by atoms with Crippen LogP contribution >= 0.6 is 0 Å². The molecule has 0 bridgehead atoms. The van der Waals surface area contributed by atoms with Gasteiger partial charge in [-0.3, -0.25) is 9.59 Å². The molecule has 0 aliphatic carbocycles. The summed E-state index contributed by atoms with van der Waals surface area (Å²) in [7, 11) is 0. The Kier molecular flexibility index (Phi) is 5.32. The quantitative estimate of drug-likeness (QED) is 0.861. The zero-order chi connectivity index (χ0) is 18.9. The molecule has 0 spiro atoms. The lowest BCUT2D eigenvalue weighted by Gasteiger charge is -2.37. The van der Waals surface area contributed by atoms with E-state index in [9.17, 15) is 9.59 Å². The van der Waals surface area contributed by atoms with Crippen molar-refractivity contribution in [3.8, 4) is 0 Å². The maximum atomic E-state index is 12.8. The predicted octanol–water partition coefficient (Wildman–Crippen LogP) is 0.894. The molecule has 144 valence electrons. The van der Waals surface area contributed by atoms with Crippen LogP contribution in [0.1, 0.15) is 58.2 Å². The molecule has 1 aromatic rings. The molecule has 0 aromatic carbocycles. The lowest BCUT2D eigenvalue weighted by molar-refractivity contribution is -0.141. The fraction of sp³-hybridized carbons (Fsp3) is 0.778. The van der Waals surface area contributed by atoms with Crippen LogP contribution in [0.2, 0.25) is 0 Å². The van der Waals surface area contributed by atoms with E-state index in [4.69, 9.17) is 5.73 Å². The van der Waals surface area contributed by atoms with E-state index in [1.54, 1.807) is 6.92 Å². The highest BCUT2D eigenvalue weighted by atomic mass is 16.2. The lowest BCUT2D eigenvalue weighted by atomic mass is 9.93. The maximum absolute atomic E-state index is 12.8. The van der Waals surface area contributed by atoms with Gasteiger partial charge in [0, 0.05) is 39.0 Å². The molecule has 0 saturated carbocycles. The molecule has 0 atom stereocenters. The van der Waals surface area contributed by atoms with E-state index in [0.29, 0.717) is 13.1 Å². The van der Waals surface area contributed by atoms with Crippen molar-refractivity contribution in [3.05, 3.63) is 11.9 Å². The molecule has 8 nitrogen and oxygen atoms in total. The number of amides is 2. The van der Waals surface area contributed by atoms with E-state index in [2.05, 4.69) is 10.3 Å². The number of aromatic nitrogens is 3. The van der Waals surface area contributed by atoms with Gasteiger partial charge in [-0.05, 0) is 39.5 Å². The molecule has 0 unspecified atom stereocenters. The Morgan fingerprint density at radius 2 is 1.65 bits per heavy atom. The van der Waals surface area contributed by atoms with Crippen LogP contribution in [0, 0.1) is 5.92 Å². The molecule has 8 heteroatoms.